The summed E-state index contributed by atoms with van der Waals surface area (Å²) in [5.41, 5.74) is 11.7. The van der Waals surface area contributed by atoms with Crippen LogP contribution in [0, 0.1) is 13.8 Å². The molecule has 0 radical (unpaired) electrons. The molecular formula is C40H32N2. The predicted molar refractivity (Wildman–Crippen MR) is 181 cm³/mol. The van der Waals surface area contributed by atoms with E-state index in [1.54, 1.807) is 0 Å². The molecule has 0 saturated carbocycles. The average Bonchev–Trinajstić information content (AvgIpc) is 3.03. The van der Waals surface area contributed by atoms with Gasteiger partial charge in [0.05, 0.1) is 11.4 Å². The molecule has 0 bridgehead atoms. The lowest BCUT2D eigenvalue weighted by Gasteiger charge is -2.21. The molecule has 0 unspecified atom stereocenters. The Hall–Kier alpha value is -5.34. The first-order valence-electron chi connectivity index (χ1n) is 14.5. The van der Waals surface area contributed by atoms with Crippen LogP contribution in [0.3, 0.4) is 0 Å². The molecule has 2 nitrogen and oxygen atoms in total. The number of anilines is 4. The van der Waals surface area contributed by atoms with E-state index >= 15 is 0 Å². The van der Waals surface area contributed by atoms with Crippen LogP contribution in [0.25, 0.3) is 43.8 Å². The third kappa shape index (κ3) is 4.78. The normalized spacial score (nSPS) is 11.1. The maximum Gasteiger partial charge on any atom is 0.0545 e. The minimum Gasteiger partial charge on any atom is -0.354 e. The monoisotopic (exact) mass is 540 g/mol. The fourth-order valence-electron chi connectivity index (χ4n) is 5.98. The topological polar surface area (TPSA) is 24.1 Å². The van der Waals surface area contributed by atoms with Crippen molar-refractivity contribution in [1.29, 1.82) is 0 Å². The Morgan fingerprint density at radius 2 is 0.714 bits per heavy atom. The third-order valence-electron chi connectivity index (χ3n) is 7.96. The quantitative estimate of drug-likeness (QED) is 0.162. The van der Waals surface area contributed by atoms with Crippen molar-refractivity contribution in [1.82, 2.24) is 0 Å². The van der Waals surface area contributed by atoms with Crippen LogP contribution < -0.4 is 10.6 Å². The fourth-order valence-corrected chi connectivity index (χ4v) is 5.98. The third-order valence-corrected chi connectivity index (χ3v) is 7.96. The van der Waals surface area contributed by atoms with Crippen molar-refractivity contribution in [2.24, 2.45) is 0 Å². The second-order valence-electron chi connectivity index (χ2n) is 10.9. The summed E-state index contributed by atoms with van der Waals surface area (Å²) in [6.45, 7) is 4.28. The van der Waals surface area contributed by atoms with E-state index in [9.17, 15) is 0 Å². The van der Waals surface area contributed by atoms with Gasteiger partial charge in [-0.25, -0.2) is 0 Å². The van der Waals surface area contributed by atoms with Crippen LogP contribution in [0.4, 0.5) is 22.7 Å². The molecule has 0 saturated heterocycles. The van der Waals surface area contributed by atoms with Crippen LogP contribution in [-0.2, 0) is 0 Å². The summed E-state index contributed by atoms with van der Waals surface area (Å²) >= 11 is 0. The number of para-hydroxylation sites is 2. The van der Waals surface area contributed by atoms with Crippen LogP contribution in [0.5, 0.6) is 0 Å². The van der Waals surface area contributed by atoms with Gasteiger partial charge in [-0.2, -0.15) is 0 Å². The molecule has 7 aromatic rings. The van der Waals surface area contributed by atoms with Gasteiger partial charge in [0, 0.05) is 44.0 Å². The van der Waals surface area contributed by atoms with Gasteiger partial charge in [0.15, 0.2) is 0 Å². The Bertz CT molecular complexity index is 1870. The van der Waals surface area contributed by atoms with E-state index in [0.717, 1.165) is 22.7 Å². The number of fused-ring (bicyclic) bond motifs is 2. The minimum atomic E-state index is 1.09. The maximum absolute atomic E-state index is 3.88. The number of hydrogen-bond acceptors (Lipinski definition) is 2. The number of benzene rings is 7. The summed E-state index contributed by atoms with van der Waals surface area (Å²) in [6.07, 6.45) is 0. The first-order chi connectivity index (χ1) is 20.7. The highest BCUT2D eigenvalue weighted by Crippen LogP contribution is 2.44. The van der Waals surface area contributed by atoms with E-state index in [0.29, 0.717) is 0 Å². The Labute approximate surface area is 247 Å². The molecular weight excluding hydrogens is 508 g/mol. The van der Waals surface area contributed by atoms with Crippen molar-refractivity contribution in [3.05, 3.63) is 157 Å². The van der Waals surface area contributed by atoms with Gasteiger partial charge in [0.25, 0.3) is 0 Å². The van der Waals surface area contributed by atoms with Gasteiger partial charge in [-0.05, 0) is 37.1 Å². The number of nitrogens with one attached hydrogen (secondary N) is 2. The van der Waals surface area contributed by atoms with Crippen LogP contribution in [-0.4, -0.2) is 0 Å². The molecule has 0 fully saturated rings. The highest BCUT2D eigenvalue weighted by atomic mass is 14.9. The highest BCUT2D eigenvalue weighted by molar-refractivity contribution is 6.21. The van der Waals surface area contributed by atoms with E-state index in [1.165, 1.54) is 54.9 Å². The predicted octanol–water partition coefficient (Wildman–Crippen LogP) is 11.4. The molecule has 0 aromatic heterocycles. The van der Waals surface area contributed by atoms with Crippen molar-refractivity contribution < 1.29 is 0 Å². The first-order valence-corrected chi connectivity index (χ1v) is 14.5. The van der Waals surface area contributed by atoms with Crippen molar-refractivity contribution in [2.75, 3.05) is 10.6 Å². The molecule has 7 aromatic carbocycles. The lowest BCUT2D eigenvalue weighted by molar-refractivity contribution is 1.46. The van der Waals surface area contributed by atoms with E-state index in [2.05, 4.69) is 170 Å². The second kappa shape index (κ2) is 10.9. The highest BCUT2D eigenvalue weighted by Gasteiger charge is 2.17. The molecule has 2 heteroatoms. The van der Waals surface area contributed by atoms with Crippen LogP contribution >= 0.6 is 0 Å². The van der Waals surface area contributed by atoms with Crippen molar-refractivity contribution in [3.63, 3.8) is 0 Å². The largest absolute Gasteiger partial charge is 0.354 e. The summed E-state index contributed by atoms with van der Waals surface area (Å²) in [7, 11) is 0. The Kier molecular flexibility index (Phi) is 6.65. The van der Waals surface area contributed by atoms with Gasteiger partial charge >= 0.3 is 0 Å². The van der Waals surface area contributed by atoms with Crippen molar-refractivity contribution >= 4 is 44.3 Å². The summed E-state index contributed by atoms with van der Waals surface area (Å²) in [6, 6.07) is 51.9. The Morgan fingerprint density at radius 3 is 1.10 bits per heavy atom. The van der Waals surface area contributed by atoms with Gasteiger partial charge in [-0.3, -0.25) is 0 Å². The number of hydrogen-bond donors (Lipinski definition) is 2. The molecule has 0 aliphatic carbocycles. The summed E-state index contributed by atoms with van der Waals surface area (Å²) < 4.78 is 0. The first kappa shape index (κ1) is 25.6. The van der Waals surface area contributed by atoms with E-state index < -0.39 is 0 Å². The van der Waals surface area contributed by atoms with Crippen molar-refractivity contribution in [3.8, 4) is 22.3 Å². The van der Waals surface area contributed by atoms with Crippen LogP contribution in [0.15, 0.2) is 146 Å². The number of aryl methyl sites for hydroxylation is 2. The molecule has 0 aliphatic rings. The minimum absolute atomic E-state index is 1.09. The Balaban J connectivity index is 1.41. The summed E-state index contributed by atoms with van der Waals surface area (Å²) in [4.78, 5) is 0. The zero-order valence-corrected chi connectivity index (χ0v) is 23.9. The van der Waals surface area contributed by atoms with Gasteiger partial charge in [0.1, 0.15) is 0 Å². The molecule has 0 atom stereocenters. The summed E-state index contributed by atoms with van der Waals surface area (Å²) in [5, 5.41) is 12.5. The SMILES string of the molecule is Cc1cccc(-c2ccccc2Nc2c3ccccc3c(Nc3ccccc3-c3cccc(C)c3)c3ccccc23)c1. The van der Waals surface area contributed by atoms with Crippen LogP contribution in [0.1, 0.15) is 11.1 Å². The standard InChI is InChI=1S/C40H32N2/c1-27-13-11-15-29(25-27)31-17-7-9-23-37(31)41-39-33-19-3-5-21-35(33)40(36-22-6-4-20-34(36)39)42-38-24-10-8-18-32(38)30-16-12-14-28(2)26-30/h3-26,41-42H,1-2H3. The average molecular weight is 541 g/mol. The van der Waals surface area contributed by atoms with Gasteiger partial charge < -0.3 is 10.6 Å². The molecule has 2 N–H and O–H groups in total. The maximum atomic E-state index is 3.88. The second-order valence-corrected chi connectivity index (χ2v) is 10.9. The summed E-state index contributed by atoms with van der Waals surface area (Å²) in [5.74, 6) is 0. The molecule has 202 valence electrons. The van der Waals surface area contributed by atoms with Gasteiger partial charge in [-0.15, -0.1) is 0 Å². The molecule has 0 amide bonds. The Morgan fingerprint density at radius 1 is 0.357 bits per heavy atom. The molecule has 7 rings (SSSR count). The van der Waals surface area contributed by atoms with E-state index in [1.807, 2.05) is 0 Å². The lowest BCUT2D eigenvalue weighted by Crippen LogP contribution is -2.00. The zero-order chi connectivity index (χ0) is 28.5. The smallest absolute Gasteiger partial charge is 0.0545 e. The van der Waals surface area contributed by atoms with Gasteiger partial charge in [0.2, 0.25) is 0 Å². The molecule has 0 aliphatic heterocycles. The molecule has 0 spiro atoms. The lowest BCUT2D eigenvalue weighted by atomic mass is 9.96. The van der Waals surface area contributed by atoms with Crippen LogP contribution in [0.2, 0.25) is 0 Å². The fraction of sp³-hybridized carbons (Fsp3) is 0.0500. The molecule has 42 heavy (non-hydrogen) atoms. The zero-order valence-electron chi connectivity index (χ0n) is 23.9. The molecule has 0 heterocycles. The number of rotatable bonds is 6. The van der Waals surface area contributed by atoms with Crippen molar-refractivity contribution in [2.45, 2.75) is 13.8 Å². The van der Waals surface area contributed by atoms with Gasteiger partial charge in [-0.1, -0.05) is 145 Å². The van der Waals surface area contributed by atoms with E-state index in [-0.39, 0.29) is 0 Å². The van der Waals surface area contributed by atoms with E-state index in [4.69, 9.17) is 0 Å².